The molecule has 0 amide bonds. The monoisotopic (exact) mass is 254 g/mol. The number of ether oxygens (including phenoxy) is 1. The highest BCUT2D eigenvalue weighted by atomic mass is 16.5. The molecule has 0 saturated heterocycles. The fourth-order valence-electron chi connectivity index (χ4n) is 1.67. The quantitative estimate of drug-likeness (QED) is 0.772. The highest BCUT2D eigenvalue weighted by Gasteiger charge is 2.04. The summed E-state index contributed by atoms with van der Waals surface area (Å²) in [6.45, 7) is 0. The molecule has 0 bridgehead atoms. The maximum absolute atomic E-state index is 11.4. The Hall–Kier alpha value is -2.89. The molecule has 0 atom stereocenters. The van der Waals surface area contributed by atoms with E-state index in [0.29, 0.717) is 11.4 Å². The van der Waals surface area contributed by atoms with Crippen LogP contribution in [0.2, 0.25) is 0 Å². The van der Waals surface area contributed by atoms with Crippen LogP contribution in [0.5, 0.6) is 11.5 Å². The van der Waals surface area contributed by atoms with Gasteiger partial charge in [0.05, 0.1) is 5.69 Å². The van der Waals surface area contributed by atoms with Crippen LogP contribution in [-0.4, -0.2) is 20.2 Å². The van der Waals surface area contributed by atoms with E-state index in [0.717, 1.165) is 10.4 Å². The number of hydrogen-bond donors (Lipinski definition) is 1. The average Bonchev–Trinajstić information content (AvgIpc) is 2.86. The molecule has 2 aromatic carbocycles. The summed E-state index contributed by atoms with van der Waals surface area (Å²) in [4.78, 5) is 11.4. The summed E-state index contributed by atoms with van der Waals surface area (Å²) in [5.74, 6) is 1.35. The number of aromatic nitrogens is 4. The van der Waals surface area contributed by atoms with Crippen LogP contribution < -0.4 is 10.4 Å². The number of aromatic amines is 1. The van der Waals surface area contributed by atoms with Gasteiger partial charge in [0.2, 0.25) is 0 Å². The van der Waals surface area contributed by atoms with Crippen molar-refractivity contribution in [2.24, 2.45) is 0 Å². The van der Waals surface area contributed by atoms with Crippen molar-refractivity contribution in [3.63, 3.8) is 0 Å². The van der Waals surface area contributed by atoms with Crippen LogP contribution >= 0.6 is 0 Å². The zero-order chi connectivity index (χ0) is 13.1. The van der Waals surface area contributed by atoms with Gasteiger partial charge in [0, 0.05) is 6.07 Å². The van der Waals surface area contributed by atoms with Crippen LogP contribution in [-0.2, 0) is 0 Å². The summed E-state index contributed by atoms with van der Waals surface area (Å²) in [6, 6.07) is 16.5. The molecule has 3 rings (SSSR count). The van der Waals surface area contributed by atoms with Crippen molar-refractivity contribution in [3.05, 3.63) is 65.1 Å². The standard InChI is InChI=1S/C13H10N4O2/c18-13-14-15-16-17(13)10-5-4-8-12(9-10)19-11-6-2-1-3-7-11/h1-9H,(H,14,16,18). The summed E-state index contributed by atoms with van der Waals surface area (Å²) < 4.78 is 6.85. The fourth-order valence-corrected chi connectivity index (χ4v) is 1.67. The molecule has 6 heteroatoms. The molecule has 6 nitrogen and oxygen atoms in total. The summed E-state index contributed by atoms with van der Waals surface area (Å²) in [7, 11) is 0. The first kappa shape index (κ1) is 11.2. The van der Waals surface area contributed by atoms with Gasteiger partial charge in [-0.25, -0.2) is 9.89 Å². The Kier molecular flexibility index (Phi) is 2.82. The summed E-state index contributed by atoms with van der Waals surface area (Å²) in [5.41, 5.74) is 0.198. The zero-order valence-corrected chi connectivity index (χ0v) is 9.85. The lowest BCUT2D eigenvalue weighted by Crippen LogP contribution is -2.15. The number of nitrogens with one attached hydrogen (secondary N) is 1. The number of rotatable bonds is 3. The van der Waals surface area contributed by atoms with Crippen molar-refractivity contribution >= 4 is 0 Å². The third-order valence-electron chi connectivity index (χ3n) is 2.51. The minimum absolute atomic E-state index is 0.392. The van der Waals surface area contributed by atoms with Crippen LogP contribution in [0.4, 0.5) is 0 Å². The van der Waals surface area contributed by atoms with Crippen LogP contribution in [0.3, 0.4) is 0 Å². The van der Waals surface area contributed by atoms with E-state index in [4.69, 9.17) is 4.74 Å². The molecular formula is C13H10N4O2. The Morgan fingerprint density at radius 3 is 2.53 bits per heavy atom. The second kappa shape index (κ2) is 4.77. The summed E-state index contributed by atoms with van der Waals surface area (Å²) in [5, 5.41) is 9.37. The molecule has 0 aliphatic heterocycles. The van der Waals surface area contributed by atoms with Gasteiger partial charge in [0.15, 0.2) is 0 Å². The predicted octanol–water partition coefficient (Wildman–Crippen LogP) is 1.75. The number of tetrazole rings is 1. The molecule has 1 N–H and O–H groups in total. The molecule has 0 spiro atoms. The minimum atomic E-state index is -0.392. The highest BCUT2D eigenvalue weighted by Crippen LogP contribution is 2.22. The average molecular weight is 254 g/mol. The van der Waals surface area contributed by atoms with Crippen molar-refractivity contribution in [2.75, 3.05) is 0 Å². The molecule has 1 aromatic heterocycles. The molecule has 0 radical (unpaired) electrons. The molecule has 3 aromatic rings. The second-order valence-corrected chi connectivity index (χ2v) is 3.83. The van der Waals surface area contributed by atoms with Crippen molar-refractivity contribution < 1.29 is 4.74 Å². The van der Waals surface area contributed by atoms with E-state index in [-0.39, 0.29) is 0 Å². The lowest BCUT2D eigenvalue weighted by atomic mass is 10.3. The van der Waals surface area contributed by atoms with Crippen LogP contribution in [0.25, 0.3) is 5.69 Å². The maximum Gasteiger partial charge on any atom is 0.365 e. The first-order valence-electron chi connectivity index (χ1n) is 5.67. The SMILES string of the molecule is O=c1[nH]nnn1-c1cccc(Oc2ccccc2)c1. The molecule has 94 valence electrons. The van der Waals surface area contributed by atoms with Crippen molar-refractivity contribution in [1.29, 1.82) is 0 Å². The third-order valence-corrected chi connectivity index (χ3v) is 2.51. The first-order valence-corrected chi connectivity index (χ1v) is 5.67. The first-order chi connectivity index (χ1) is 9.33. The summed E-state index contributed by atoms with van der Waals surface area (Å²) in [6.07, 6.45) is 0. The van der Waals surface area contributed by atoms with Gasteiger partial charge in [-0.3, -0.25) is 0 Å². The van der Waals surface area contributed by atoms with Crippen molar-refractivity contribution in [2.45, 2.75) is 0 Å². The Labute approximate surface area is 108 Å². The number of hydrogen-bond acceptors (Lipinski definition) is 4. The van der Waals surface area contributed by atoms with Crippen molar-refractivity contribution in [1.82, 2.24) is 20.2 Å². The van der Waals surface area contributed by atoms with E-state index in [1.54, 1.807) is 18.2 Å². The molecule has 0 saturated carbocycles. The van der Waals surface area contributed by atoms with E-state index in [1.165, 1.54) is 0 Å². The molecular weight excluding hydrogens is 244 g/mol. The normalized spacial score (nSPS) is 10.3. The van der Waals surface area contributed by atoms with Crippen LogP contribution in [0.15, 0.2) is 59.4 Å². The van der Waals surface area contributed by atoms with Gasteiger partial charge in [-0.15, -0.1) is 0 Å². The van der Waals surface area contributed by atoms with E-state index in [2.05, 4.69) is 15.5 Å². The number of para-hydroxylation sites is 1. The third kappa shape index (κ3) is 2.37. The van der Waals surface area contributed by atoms with E-state index < -0.39 is 5.69 Å². The Bertz CT molecular complexity index is 733. The molecule has 0 aliphatic rings. The zero-order valence-electron chi connectivity index (χ0n) is 9.85. The van der Waals surface area contributed by atoms with Gasteiger partial charge in [0.1, 0.15) is 11.5 Å². The lowest BCUT2D eigenvalue weighted by Gasteiger charge is -2.06. The molecule has 0 fully saturated rings. The van der Waals surface area contributed by atoms with Gasteiger partial charge < -0.3 is 4.74 Å². The smallest absolute Gasteiger partial charge is 0.365 e. The van der Waals surface area contributed by atoms with Gasteiger partial charge in [-0.1, -0.05) is 24.3 Å². The molecule has 0 unspecified atom stereocenters. The highest BCUT2D eigenvalue weighted by molar-refractivity contribution is 5.40. The van der Waals surface area contributed by atoms with E-state index in [1.807, 2.05) is 36.4 Å². The lowest BCUT2D eigenvalue weighted by molar-refractivity contribution is 0.482. The van der Waals surface area contributed by atoms with Gasteiger partial charge in [-0.2, -0.15) is 4.68 Å². The van der Waals surface area contributed by atoms with Crippen molar-refractivity contribution in [3.8, 4) is 17.2 Å². The summed E-state index contributed by atoms with van der Waals surface area (Å²) >= 11 is 0. The van der Waals surface area contributed by atoms with E-state index >= 15 is 0 Å². The number of nitrogens with zero attached hydrogens (tertiary/aromatic N) is 3. The van der Waals surface area contributed by atoms with Crippen LogP contribution in [0.1, 0.15) is 0 Å². The largest absolute Gasteiger partial charge is 0.457 e. The van der Waals surface area contributed by atoms with Gasteiger partial charge in [-0.05, 0) is 34.7 Å². The number of H-pyrrole nitrogens is 1. The minimum Gasteiger partial charge on any atom is -0.457 e. The topological polar surface area (TPSA) is 72.8 Å². The van der Waals surface area contributed by atoms with Gasteiger partial charge in [0.25, 0.3) is 0 Å². The second-order valence-electron chi connectivity index (χ2n) is 3.83. The number of benzene rings is 2. The van der Waals surface area contributed by atoms with E-state index in [9.17, 15) is 4.79 Å². The molecule has 0 aliphatic carbocycles. The van der Waals surface area contributed by atoms with Crippen LogP contribution in [0, 0.1) is 0 Å². The van der Waals surface area contributed by atoms with Gasteiger partial charge >= 0.3 is 5.69 Å². The Balaban J connectivity index is 1.93. The predicted molar refractivity (Wildman–Crippen MR) is 68.5 cm³/mol. The maximum atomic E-state index is 11.4. The fraction of sp³-hybridized carbons (Fsp3) is 0. The Morgan fingerprint density at radius 1 is 1.00 bits per heavy atom. The molecule has 19 heavy (non-hydrogen) atoms. The Morgan fingerprint density at radius 2 is 1.79 bits per heavy atom. The molecule has 1 heterocycles.